The molecule has 1 unspecified atom stereocenters. The fourth-order valence-electron chi connectivity index (χ4n) is 3.38. The minimum absolute atomic E-state index is 0.0924. The van der Waals surface area contributed by atoms with Crippen LogP contribution in [0.15, 0.2) is 42.9 Å². The van der Waals surface area contributed by atoms with E-state index < -0.39 is 0 Å². The molecule has 0 saturated carbocycles. The van der Waals surface area contributed by atoms with Gasteiger partial charge in [-0.3, -0.25) is 10.00 Å². The number of hydrogen-bond acceptors (Lipinski definition) is 4. The van der Waals surface area contributed by atoms with Crippen molar-refractivity contribution >= 4 is 22.6 Å². The number of carbonyl (C=O) groups is 1. The number of nitrogens with zero attached hydrogens (tertiary/aromatic N) is 5. The van der Waals surface area contributed by atoms with Gasteiger partial charge in [-0.25, -0.2) is 9.78 Å². The third-order valence-corrected chi connectivity index (χ3v) is 5.24. The zero-order chi connectivity index (χ0) is 19.0. The van der Waals surface area contributed by atoms with Crippen LogP contribution in [0.25, 0.3) is 21.9 Å². The highest BCUT2D eigenvalue weighted by Crippen LogP contribution is 2.25. The Morgan fingerprint density at radius 3 is 2.70 bits per heavy atom. The molecule has 0 radical (unpaired) electrons. The maximum Gasteiger partial charge on any atom is 0.323 e. The number of piperazine rings is 1. The lowest BCUT2D eigenvalue weighted by Crippen LogP contribution is -2.53. The van der Waals surface area contributed by atoms with Crippen molar-refractivity contribution in [3.8, 4) is 11.1 Å². The van der Waals surface area contributed by atoms with Crippen LogP contribution in [0, 0.1) is 0 Å². The lowest BCUT2D eigenvalue weighted by Gasteiger charge is -2.37. The molecule has 1 aromatic carbocycles. The number of aromatic nitrogens is 3. The van der Waals surface area contributed by atoms with E-state index in [1.165, 1.54) is 0 Å². The van der Waals surface area contributed by atoms with Gasteiger partial charge in [0, 0.05) is 56.1 Å². The molecule has 7 heteroatoms. The summed E-state index contributed by atoms with van der Waals surface area (Å²) in [5.41, 5.74) is 2.15. The van der Waals surface area contributed by atoms with Crippen LogP contribution in [-0.4, -0.2) is 63.3 Å². The molecule has 1 aliphatic rings. The van der Waals surface area contributed by atoms with Crippen LogP contribution in [0.3, 0.4) is 0 Å². The molecule has 2 amide bonds. The van der Waals surface area contributed by atoms with Crippen LogP contribution in [0.1, 0.15) is 6.92 Å². The Kier molecular flexibility index (Phi) is 4.53. The second kappa shape index (κ2) is 7.00. The number of anilines is 1. The number of aryl methyl sites for hydroxylation is 1. The summed E-state index contributed by atoms with van der Waals surface area (Å²) in [7, 11) is 3.99. The molecule has 7 nitrogen and oxygen atoms in total. The van der Waals surface area contributed by atoms with Crippen molar-refractivity contribution in [1.82, 2.24) is 24.6 Å². The topological polar surface area (TPSA) is 66.3 Å². The maximum atomic E-state index is 12.6. The van der Waals surface area contributed by atoms with Gasteiger partial charge in [-0.05, 0) is 37.1 Å². The zero-order valence-electron chi connectivity index (χ0n) is 15.9. The van der Waals surface area contributed by atoms with E-state index in [-0.39, 0.29) is 6.03 Å². The van der Waals surface area contributed by atoms with E-state index in [1.54, 1.807) is 10.9 Å². The first-order valence-corrected chi connectivity index (χ1v) is 9.14. The molecule has 140 valence electrons. The van der Waals surface area contributed by atoms with Crippen LogP contribution in [0.5, 0.6) is 0 Å². The molecule has 1 fully saturated rings. The van der Waals surface area contributed by atoms with E-state index in [0.717, 1.165) is 41.5 Å². The van der Waals surface area contributed by atoms with Crippen molar-refractivity contribution in [2.75, 3.05) is 32.0 Å². The lowest BCUT2D eigenvalue weighted by atomic mass is 10.1. The molecule has 3 aromatic rings. The van der Waals surface area contributed by atoms with Gasteiger partial charge in [-0.1, -0.05) is 12.1 Å². The van der Waals surface area contributed by atoms with Gasteiger partial charge in [0.25, 0.3) is 0 Å². The molecule has 0 spiro atoms. The third-order valence-electron chi connectivity index (χ3n) is 5.24. The highest BCUT2D eigenvalue weighted by atomic mass is 16.2. The van der Waals surface area contributed by atoms with E-state index in [4.69, 9.17) is 0 Å². The summed E-state index contributed by atoms with van der Waals surface area (Å²) in [6.45, 7) is 4.47. The van der Waals surface area contributed by atoms with Crippen molar-refractivity contribution in [1.29, 1.82) is 0 Å². The number of rotatable bonds is 2. The second-order valence-electron chi connectivity index (χ2n) is 7.24. The predicted octanol–water partition coefficient (Wildman–Crippen LogP) is 2.80. The predicted molar refractivity (Wildman–Crippen MR) is 107 cm³/mol. The second-order valence-corrected chi connectivity index (χ2v) is 7.24. The van der Waals surface area contributed by atoms with Gasteiger partial charge in [0.1, 0.15) is 5.82 Å². The minimum Gasteiger partial charge on any atom is -0.322 e. The molecule has 3 heterocycles. The van der Waals surface area contributed by atoms with Gasteiger partial charge in [-0.15, -0.1) is 0 Å². The Labute approximate surface area is 158 Å². The van der Waals surface area contributed by atoms with E-state index in [0.29, 0.717) is 11.9 Å². The van der Waals surface area contributed by atoms with Crippen LogP contribution >= 0.6 is 0 Å². The first-order chi connectivity index (χ1) is 13.0. The molecule has 27 heavy (non-hydrogen) atoms. The molecule has 0 bridgehead atoms. The summed E-state index contributed by atoms with van der Waals surface area (Å²) in [4.78, 5) is 21.1. The smallest absolute Gasteiger partial charge is 0.322 e. The van der Waals surface area contributed by atoms with Gasteiger partial charge in [0.15, 0.2) is 0 Å². The fourth-order valence-corrected chi connectivity index (χ4v) is 3.38. The Bertz CT molecular complexity index is 982. The first-order valence-electron chi connectivity index (χ1n) is 9.14. The van der Waals surface area contributed by atoms with Gasteiger partial charge in [0.05, 0.1) is 6.20 Å². The summed E-state index contributed by atoms with van der Waals surface area (Å²) in [6.07, 6.45) is 5.63. The number of nitrogens with one attached hydrogen (secondary N) is 1. The molecule has 1 atom stereocenters. The monoisotopic (exact) mass is 364 g/mol. The van der Waals surface area contributed by atoms with Gasteiger partial charge >= 0.3 is 6.03 Å². The van der Waals surface area contributed by atoms with Crippen molar-refractivity contribution in [3.63, 3.8) is 0 Å². The first kappa shape index (κ1) is 17.5. The summed E-state index contributed by atoms with van der Waals surface area (Å²) >= 11 is 0. The van der Waals surface area contributed by atoms with Gasteiger partial charge < -0.3 is 9.80 Å². The lowest BCUT2D eigenvalue weighted by molar-refractivity contribution is 0.125. The Morgan fingerprint density at radius 1 is 1.11 bits per heavy atom. The third kappa shape index (κ3) is 3.64. The summed E-state index contributed by atoms with van der Waals surface area (Å²) in [6, 6.07) is 8.39. The van der Waals surface area contributed by atoms with Crippen molar-refractivity contribution in [2.45, 2.75) is 13.0 Å². The Balaban J connectivity index is 1.54. The summed E-state index contributed by atoms with van der Waals surface area (Å²) < 4.78 is 1.79. The fraction of sp³-hybridized carbons (Fsp3) is 0.350. The summed E-state index contributed by atoms with van der Waals surface area (Å²) in [5.74, 6) is 0.572. The van der Waals surface area contributed by atoms with Crippen molar-refractivity contribution in [3.05, 3.63) is 42.9 Å². The van der Waals surface area contributed by atoms with Crippen LogP contribution in [0.4, 0.5) is 10.6 Å². The number of likely N-dealkylation sites (N-methyl/N-ethyl adjacent to an activating group) is 1. The molecule has 1 saturated heterocycles. The Morgan fingerprint density at radius 2 is 1.96 bits per heavy atom. The maximum absolute atomic E-state index is 12.6. The Hall–Kier alpha value is -2.93. The number of amides is 2. The number of fused-ring (bicyclic) bond motifs is 1. The summed E-state index contributed by atoms with van der Waals surface area (Å²) in [5, 5.41) is 9.25. The number of pyridine rings is 1. The van der Waals surface area contributed by atoms with Gasteiger partial charge in [0.2, 0.25) is 0 Å². The molecule has 1 aliphatic heterocycles. The van der Waals surface area contributed by atoms with E-state index in [9.17, 15) is 4.79 Å². The quantitative estimate of drug-likeness (QED) is 0.759. The SMILES string of the molecule is CC1CN(C(=O)Nc2cc3cc(-c4cnn(C)c4)ccc3cn2)CCN1C. The largest absolute Gasteiger partial charge is 0.323 e. The van der Waals surface area contributed by atoms with E-state index in [2.05, 4.69) is 46.4 Å². The van der Waals surface area contributed by atoms with E-state index >= 15 is 0 Å². The van der Waals surface area contributed by atoms with Crippen molar-refractivity contribution in [2.24, 2.45) is 7.05 Å². The number of hydrogen-bond donors (Lipinski definition) is 1. The standard InChI is InChI=1S/C20H24N6O/c1-14-12-26(7-6-24(14)2)20(27)23-19-9-17-8-15(4-5-16(17)10-21-19)18-11-22-25(3)13-18/h4-5,8-11,13-14H,6-7,12H2,1-3H3,(H,21,23,27). The van der Waals surface area contributed by atoms with E-state index in [1.807, 2.05) is 36.5 Å². The molecule has 4 rings (SSSR count). The van der Waals surface area contributed by atoms with Crippen molar-refractivity contribution < 1.29 is 4.79 Å². The molecular weight excluding hydrogens is 340 g/mol. The number of urea groups is 1. The highest BCUT2D eigenvalue weighted by Gasteiger charge is 2.24. The molecular formula is C20H24N6O. The molecule has 1 N–H and O–H groups in total. The molecule has 0 aliphatic carbocycles. The van der Waals surface area contributed by atoms with Crippen LogP contribution in [-0.2, 0) is 7.05 Å². The van der Waals surface area contributed by atoms with Crippen LogP contribution in [0.2, 0.25) is 0 Å². The highest BCUT2D eigenvalue weighted by molar-refractivity contribution is 5.93. The average Bonchev–Trinajstić information content (AvgIpc) is 3.09. The minimum atomic E-state index is -0.0924. The van der Waals surface area contributed by atoms with Crippen LogP contribution < -0.4 is 5.32 Å². The zero-order valence-corrected chi connectivity index (χ0v) is 15.9. The normalized spacial score (nSPS) is 18.0. The number of carbonyl (C=O) groups excluding carboxylic acids is 1. The molecule has 2 aromatic heterocycles. The number of benzene rings is 1. The average molecular weight is 364 g/mol. The van der Waals surface area contributed by atoms with Gasteiger partial charge in [-0.2, -0.15) is 5.10 Å².